The molecule has 0 saturated carbocycles. The molecule has 2 amide bonds. The van der Waals surface area contributed by atoms with E-state index in [0.29, 0.717) is 24.5 Å². The van der Waals surface area contributed by atoms with Crippen molar-refractivity contribution in [1.82, 2.24) is 19.9 Å². The molecule has 4 rings (SSSR count). The molecule has 0 fully saturated rings. The highest BCUT2D eigenvalue weighted by molar-refractivity contribution is 7.15. The lowest BCUT2D eigenvalue weighted by Crippen LogP contribution is -2.36. The van der Waals surface area contributed by atoms with E-state index in [4.69, 9.17) is 0 Å². The van der Waals surface area contributed by atoms with Crippen LogP contribution in [0.2, 0.25) is 0 Å². The van der Waals surface area contributed by atoms with E-state index in [-0.39, 0.29) is 0 Å². The summed E-state index contributed by atoms with van der Waals surface area (Å²) in [5.41, 5.74) is 3.63. The van der Waals surface area contributed by atoms with E-state index in [1.807, 2.05) is 42.6 Å². The summed E-state index contributed by atoms with van der Waals surface area (Å²) in [6.07, 6.45) is 0.543. The van der Waals surface area contributed by atoms with Crippen LogP contribution in [0.15, 0.2) is 60.0 Å². The Hall–Kier alpha value is -3.52. The number of benzene rings is 2. The number of nitrogens with one attached hydrogen (secondary N) is 2. The average molecular weight is 405 g/mol. The summed E-state index contributed by atoms with van der Waals surface area (Å²) in [7, 11) is 0. The first kappa shape index (κ1) is 18.8. The monoisotopic (exact) mass is 405 g/mol. The molecule has 0 atom stereocenters. The second-order valence-corrected chi connectivity index (χ2v) is 7.39. The van der Waals surface area contributed by atoms with Gasteiger partial charge in [0.1, 0.15) is 0 Å². The molecule has 2 N–H and O–H groups in total. The summed E-state index contributed by atoms with van der Waals surface area (Å²) >= 11 is 1.50. The summed E-state index contributed by atoms with van der Waals surface area (Å²) in [4.78, 5) is 29.3. The molecule has 29 heavy (non-hydrogen) atoms. The summed E-state index contributed by atoms with van der Waals surface area (Å²) in [5, 5.41) is 11.8. The fourth-order valence-electron chi connectivity index (χ4n) is 2.90. The van der Waals surface area contributed by atoms with Gasteiger partial charge in [0.15, 0.2) is 5.82 Å². The van der Waals surface area contributed by atoms with Crippen molar-refractivity contribution < 1.29 is 9.59 Å². The third kappa shape index (κ3) is 4.33. The Kier molecular flexibility index (Phi) is 5.35. The number of hydrogen-bond donors (Lipinski definition) is 2. The molecule has 0 saturated heterocycles. The van der Waals surface area contributed by atoms with Gasteiger partial charge in [-0.05, 0) is 25.1 Å². The molecule has 0 aliphatic rings. The summed E-state index contributed by atoms with van der Waals surface area (Å²) in [5.74, 6) is -0.679. The molecule has 0 aliphatic carbocycles. The predicted molar refractivity (Wildman–Crippen MR) is 113 cm³/mol. The van der Waals surface area contributed by atoms with Crippen LogP contribution in [0, 0.1) is 6.92 Å². The second-order valence-electron chi connectivity index (χ2n) is 6.55. The van der Waals surface area contributed by atoms with E-state index in [9.17, 15) is 9.59 Å². The van der Waals surface area contributed by atoms with E-state index in [2.05, 4.69) is 20.7 Å². The lowest BCUT2D eigenvalue weighted by Gasteiger charge is -2.06. The van der Waals surface area contributed by atoms with Gasteiger partial charge in [-0.15, -0.1) is 16.4 Å². The topological polar surface area (TPSA) is 88.4 Å². The molecule has 0 aliphatic heterocycles. The molecule has 0 radical (unpaired) electrons. The highest BCUT2D eigenvalue weighted by Crippen LogP contribution is 2.21. The third-order valence-electron chi connectivity index (χ3n) is 4.33. The van der Waals surface area contributed by atoms with Crippen molar-refractivity contribution in [2.24, 2.45) is 0 Å². The van der Waals surface area contributed by atoms with Crippen LogP contribution in [0.25, 0.3) is 16.3 Å². The smallest absolute Gasteiger partial charge is 0.313 e. The quantitative estimate of drug-likeness (QED) is 0.500. The van der Waals surface area contributed by atoms with Gasteiger partial charge in [-0.3, -0.25) is 9.59 Å². The Labute approximate surface area is 171 Å². The van der Waals surface area contributed by atoms with Crippen molar-refractivity contribution in [3.05, 3.63) is 71.2 Å². The number of aromatic nitrogens is 3. The maximum Gasteiger partial charge on any atom is 0.313 e. The highest BCUT2D eigenvalue weighted by atomic mass is 32.1. The minimum atomic E-state index is -0.686. The number of rotatable bonds is 5. The zero-order chi connectivity index (χ0) is 20.2. The number of carbonyl (C=O) groups excluding carboxylic acids is 2. The van der Waals surface area contributed by atoms with Gasteiger partial charge in [0.2, 0.25) is 4.96 Å². The van der Waals surface area contributed by atoms with Gasteiger partial charge < -0.3 is 10.6 Å². The van der Waals surface area contributed by atoms with Crippen molar-refractivity contribution in [3.63, 3.8) is 0 Å². The fourth-order valence-corrected chi connectivity index (χ4v) is 3.75. The molecule has 7 nitrogen and oxygen atoms in total. The van der Waals surface area contributed by atoms with E-state index in [0.717, 1.165) is 21.8 Å². The van der Waals surface area contributed by atoms with Gasteiger partial charge >= 0.3 is 11.8 Å². The molecule has 0 spiro atoms. The van der Waals surface area contributed by atoms with Crippen LogP contribution in [0.3, 0.4) is 0 Å². The maximum absolute atomic E-state index is 12.0. The molecule has 4 aromatic rings. The Morgan fingerprint density at radius 1 is 1.07 bits per heavy atom. The third-order valence-corrected chi connectivity index (χ3v) is 5.20. The van der Waals surface area contributed by atoms with E-state index in [1.165, 1.54) is 11.3 Å². The molecule has 0 unspecified atom stereocenters. The first-order chi connectivity index (χ1) is 14.1. The number of hydrogen-bond acceptors (Lipinski definition) is 5. The van der Waals surface area contributed by atoms with E-state index < -0.39 is 11.8 Å². The Balaban J connectivity index is 1.37. The highest BCUT2D eigenvalue weighted by Gasteiger charge is 2.15. The molecule has 2 heterocycles. The minimum absolute atomic E-state index is 0.326. The van der Waals surface area contributed by atoms with Crippen LogP contribution in [-0.2, 0) is 16.0 Å². The van der Waals surface area contributed by atoms with Crippen molar-refractivity contribution in [1.29, 1.82) is 0 Å². The standard InChI is InChI=1S/C21H19N5O2S/c1-14-6-5-7-15(12-14)18-24-21-26(25-18)17(13-29-21)10-11-22-19(27)20(28)23-16-8-3-2-4-9-16/h2-9,12-13H,10-11H2,1H3,(H,22,27)(H,23,28). The molecular weight excluding hydrogens is 386 g/mol. The summed E-state index contributed by atoms with van der Waals surface area (Å²) < 4.78 is 1.79. The summed E-state index contributed by atoms with van der Waals surface area (Å²) in [6.45, 7) is 2.36. The largest absolute Gasteiger partial charge is 0.347 e. The molecule has 0 bridgehead atoms. The van der Waals surface area contributed by atoms with Crippen molar-refractivity contribution in [2.75, 3.05) is 11.9 Å². The average Bonchev–Trinajstić information content (AvgIpc) is 3.30. The van der Waals surface area contributed by atoms with Crippen molar-refractivity contribution in [2.45, 2.75) is 13.3 Å². The van der Waals surface area contributed by atoms with E-state index in [1.54, 1.807) is 28.8 Å². The number of para-hydroxylation sites is 1. The van der Waals surface area contributed by atoms with Gasteiger partial charge in [-0.2, -0.15) is 4.98 Å². The number of carbonyl (C=O) groups is 2. The summed E-state index contributed by atoms with van der Waals surface area (Å²) in [6, 6.07) is 16.9. The molecule has 8 heteroatoms. The first-order valence-electron chi connectivity index (χ1n) is 9.14. The number of anilines is 1. The van der Waals surface area contributed by atoms with Crippen molar-refractivity contribution in [3.8, 4) is 11.4 Å². The molecule has 146 valence electrons. The lowest BCUT2D eigenvalue weighted by molar-refractivity contribution is -0.136. The molecule has 2 aromatic carbocycles. The second kappa shape index (κ2) is 8.24. The lowest BCUT2D eigenvalue weighted by atomic mass is 10.1. The van der Waals surface area contributed by atoms with Crippen LogP contribution in [-0.4, -0.2) is 33.0 Å². The molecular formula is C21H19N5O2S. The Bertz CT molecular complexity index is 1170. The van der Waals surface area contributed by atoms with Gasteiger partial charge in [0.05, 0.1) is 5.69 Å². The number of nitrogens with zero attached hydrogens (tertiary/aromatic N) is 3. The van der Waals surface area contributed by atoms with Gasteiger partial charge in [-0.1, -0.05) is 42.0 Å². The number of fused-ring (bicyclic) bond motifs is 1. The number of aryl methyl sites for hydroxylation is 1. The SMILES string of the molecule is Cc1cccc(-c2nc3scc(CCNC(=O)C(=O)Nc4ccccc4)n3n2)c1. The minimum Gasteiger partial charge on any atom is -0.347 e. The molecule has 2 aromatic heterocycles. The number of thiazole rings is 1. The van der Waals surface area contributed by atoms with Crippen LogP contribution in [0.4, 0.5) is 5.69 Å². The Morgan fingerprint density at radius 3 is 2.69 bits per heavy atom. The van der Waals surface area contributed by atoms with Crippen LogP contribution in [0.5, 0.6) is 0 Å². The maximum atomic E-state index is 12.0. The zero-order valence-corrected chi connectivity index (χ0v) is 16.6. The number of amides is 2. The fraction of sp³-hybridized carbons (Fsp3) is 0.143. The van der Waals surface area contributed by atoms with Crippen LogP contribution >= 0.6 is 11.3 Å². The van der Waals surface area contributed by atoms with Crippen molar-refractivity contribution >= 4 is 33.8 Å². The zero-order valence-electron chi connectivity index (χ0n) is 15.8. The van der Waals surface area contributed by atoms with Crippen LogP contribution in [0.1, 0.15) is 11.3 Å². The predicted octanol–water partition coefficient (Wildman–Crippen LogP) is 3.06. The van der Waals surface area contributed by atoms with Gasteiger partial charge in [0, 0.05) is 29.6 Å². The van der Waals surface area contributed by atoms with E-state index >= 15 is 0 Å². The van der Waals surface area contributed by atoms with Gasteiger partial charge in [0.25, 0.3) is 0 Å². The Morgan fingerprint density at radius 2 is 1.90 bits per heavy atom. The van der Waals surface area contributed by atoms with Crippen LogP contribution < -0.4 is 10.6 Å². The normalized spacial score (nSPS) is 10.8. The first-order valence-corrected chi connectivity index (χ1v) is 10.0. The van der Waals surface area contributed by atoms with Gasteiger partial charge in [-0.25, -0.2) is 4.52 Å².